The number of aliphatic hydroxyl groups is 1. The van der Waals surface area contributed by atoms with E-state index in [1.807, 2.05) is 29.8 Å². The van der Waals surface area contributed by atoms with E-state index in [-0.39, 0.29) is 18.0 Å². The second kappa shape index (κ2) is 4.72. The van der Waals surface area contributed by atoms with Gasteiger partial charge in [-0.3, -0.25) is 0 Å². The Hall–Kier alpha value is -1.37. The lowest BCUT2D eigenvalue weighted by Crippen LogP contribution is -2.27. The summed E-state index contributed by atoms with van der Waals surface area (Å²) < 4.78 is 28.6. The molecule has 98 valence electrons. The van der Waals surface area contributed by atoms with Crippen molar-refractivity contribution in [3.8, 4) is 0 Å². The highest BCUT2D eigenvalue weighted by atomic mass is 32.2. The Bertz CT molecular complexity index is 674. The Morgan fingerprint density at radius 3 is 2.67 bits per heavy atom. The van der Waals surface area contributed by atoms with Gasteiger partial charge >= 0.3 is 0 Å². The highest BCUT2D eigenvalue weighted by Gasteiger charge is 2.23. The van der Waals surface area contributed by atoms with Crippen LogP contribution < -0.4 is 4.72 Å². The maximum Gasteiger partial charge on any atom is 0.243 e. The smallest absolute Gasteiger partial charge is 0.243 e. The number of aryl methyl sites for hydroxylation is 1. The van der Waals surface area contributed by atoms with Crippen molar-refractivity contribution in [3.63, 3.8) is 0 Å². The molecule has 1 aromatic carbocycles. The van der Waals surface area contributed by atoms with Gasteiger partial charge in [0, 0.05) is 30.2 Å². The molecule has 0 atom stereocenters. The van der Waals surface area contributed by atoms with Crippen LogP contribution in [0.2, 0.25) is 0 Å². The maximum absolute atomic E-state index is 12.2. The van der Waals surface area contributed by atoms with Crippen LogP contribution in [0.15, 0.2) is 29.2 Å². The number of para-hydroxylation sites is 1. The topological polar surface area (TPSA) is 71.3 Å². The summed E-state index contributed by atoms with van der Waals surface area (Å²) in [5, 5.41) is 9.43. The molecule has 0 aliphatic rings. The fourth-order valence-electron chi connectivity index (χ4n) is 2.08. The molecule has 0 amide bonds. The summed E-state index contributed by atoms with van der Waals surface area (Å²) in [5.74, 6) is 0. The van der Waals surface area contributed by atoms with Crippen LogP contribution in [0, 0.1) is 6.92 Å². The van der Waals surface area contributed by atoms with Crippen LogP contribution in [0.25, 0.3) is 10.9 Å². The summed E-state index contributed by atoms with van der Waals surface area (Å²) in [6.45, 7) is 1.57. The number of sulfonamides is 1. The van der Waals surface area contributed by atoms with E-state index in [4.69, 9.17) is 5.11 Å². The van der Waals surface area contributed by atoms with Gasteiger partial charge in [-0.25, -0.2) is 13.1 Å². The van der Waals surface area contributed by atoms with Crippen LogP contribution in [0.1, 0.15) is 5.69 Å². The summed E-state index contributed by atoms with van der Waals surface area (Å²) >= 11 is 0. The van der Waals surface area contributed by atoms with E-state index in [1.165, 1.54) is 0 Å². The molecule has 0 unspecified atom stereocenters. The number of fused-ring (bicyclic) bond motifs is 1. The summed E-state index contributed by atoms with van der Waals surface area (Å²) in [6.07, 6.45) is 0. The molecule has 2 N–H and O–H groups in total. The van der Waals surface area contributed by atoms with Gasteiger partial charge in [0.2, 0.25) is 10.0 Å². The highest BCUT2D eigenvalue weighted by molar-refractivity contribution is 7.89. The summed E-state index contributed by atoms with van der Waals surface area (Å²) in [5.41, 5.74) is 1.56. The molecule has 2 rings (SSSR count). The highest BCUT2D eigenvalue weighted by Crippen LogP contribution is 2.28. The third-order valence-electron chi connectivity index (χ3n) is 3.01. The molecule has 1 aromatic heterocycles. The van der Waals surface area contributed by atoms with E-state index in [2.05, 4.69) is 4.72 Å². The van der Waals surface area contributed by atoms with Crippen molar-refractivity contribution in [3.05, 3.63) is 30.0 Å². The number of nitrogens with one attached hydrogen (secondary N) is 1. The van der Waals surface area contributed by atoms with E-state index in [1.54, 1.807) is 13.0 Å². The number of hydrogen-bond acceptors (Lipinski definition) is 3. The lowest BCUT2D eigenvalue weighted by atomic mass is 10.2. The van der Waals surface area contributed by atoms with Crippen molar-refractivity contribution in [2.75, 3.05) is 13.2 Å². The third-order valence-corrected chi connectivity index (χ3v) is 4.65. The minimum absolute atomic E-state index is 0.0188. The van der Waals surface area contributed by atoms with E-state index in [9.17, 15) is 8.42 Å². The van der Waals surface area contributed by atoms with Gasteiger partial charge in [-0.15, -0.1) is 0 Å². The fourth-order valence-corrected chi connectivity index (χ4v) is 3.57. The third kappa shape index (κ3) is 2.03. The molecule has 0 saturated heterocycles. The molecule has 0 bridgehead atoms. The van der Waals surface area contributed by atoms with Crippen molar-refractivity contribution in [1.29, 1.82) is 0 Å². The molecular formula is C12H16N2O3S. The predicted molar refractivity (Wildman–Crippen MR) is 69.9 cm³/mol. The maximum atomic E-state index is 12.2. The first-order valence-electron chi connectivity index (χ1n) is 5.63. The second-order valence-corrected chi connectivity index (χ2v) is 5.82. The summed E-state index contributed by atoms with van der Waals surface area (Å²) in [4.78, 5) is 0.286. The van der Waals surface area contributed by atoms with Gasteiger partial charge in [-0.1, -0.05) is 18.2 Å². The van der Waals surface area contributed by atoms with Gasteiger partial charge in [0.1, 0.15) is 4.90 Å². The Labute approximate surface area is 106 Å². The predicted octanol–water partition coefficient (Wildman–Crippen LogP) is 0.757. The first-order valence-corrected chi connectivity index (χ1v) is 7.12. The van der Waals surface area contributed by atoms with Crippen molar-refractivity contribution in [1.82, 2.24) is 9.29 Å². The lowest BCUT2D eigenvalue weighted by molar-refractivity contribution is 0.301. The molecular weight excluding hydrogens is 252 g/mol. The molecule has 0 aliphatic heterocycles. The summed E-state index contributed by atoms with van der Waals surface area (Å²) in [7, 11) is -1.75. The van der Waals surface area contributed by atoms with Crippen molar-refractivity contribution in [2.45, 2.75) is 11.8 Å². The van der Waals surface area contributed by atoms with Crippen LogP contribution in [0.5, 0.6) is 0 Å². The van der Waals surface area contributed by atoms with Crippen LogP contribution in [0.4, 0.5) is 0 Å². The van der Waals surface area contributed by atoms with Crippen LogP contribution in [-0.2, 0) is 17.1 Å². The molecule has 1 heterocycles. The number of rotatable bonds is 4. The molecule has 0 spiro atoms. The van der Waals surface area contributed by atoms with Crippen molar-refractivity contribution in [2.24, 2.45) is 7.05 Å². The normalized spacial score (nSPS) is 12.2. The molecule has 0 radical (unpaired) electrons. The number of benzene rings is 1. The molecule has 6 heteroatoms. The summed E-state index contributed by atoms with van der Waals surface area (Å²) in [6, 6.07) is 7.36. The largest absolute Gasteiger partial charge is 0.395 e. The van der Waals surface area contributed by atoms with Gasteiger partial charge in [0.25, 0.3) is 0 Å². The van der Waals surface area contributed by atoms with Crippen molar-refractivity contribution >= 4 is 20.9 Å². The average Bonchev–Trinajstić information content (AvgIpc) is 2.61. The van der Waals surface area contributed by atoms with Crippen LogP contribution in [0.3, 0.4) is 0 Å². The number of hydrogen-bond donors (Lipinski definition) is 2. The zero-order valence-corrected chi connectivity index (χ0v) is 11.2. The Morgan fingerprint density at radius 1 is 1.33 bits per heavy atom. The van der Waals surface area contributed by atoms with Gasteiger partial charge in [-0.05, 0) is 13.0 Å². The zero-order valence-electron chi connectivity index (χ0n) is 10.3. The van der Waals surface area contributed by atoms with Gasteiger partial charge in [0.05, 0.1) is 6.61 Å². The second-order valence-electron chi connectivity index (χ2n) is 4.11. The fraction of sp³-hybridized carbons (Fsp3) is 0.333. The molecule has 2 aromatic rings. The van der Waals surface area contributed by atoms with E-state index < -0.39 is 10.0 Å². The standard InChI is InChI=1S/C12H16N2O3S/c1-9-12(18(16,17)13-7-8-15)10-5-3-4-6-11(10)14(9)2/h3-6,13,15H,7-8H2,1-2H3. The Kier molecular flexibility index (Phi) is 3.43. The SMILES string of the molecule is Cc1c(S(=O)(=O)NCCO)c2ccccc2n1C. The van der Waals surface area contributed by atoms with Crippen molar-refractivity contribution < 1.29 is 13.5 Å². The molecule has 5 nitrogen and oxygen atoms in total. The lowest BCUT2D eigenvalue weighted by Gasteiger charge is -2.05. The monoisotopic (exact) mass is 268 g/mol. The molecule has 18 heavy (non-hydrogen) atoms. The van der Waals surface area contributed by atoms with E-state index in [0.29, 0.717) is 11.1 Å². The zero-order chi connectivity index (χ0) is 13.3. The molecule has 0 saturated carbocycles. The van der Waals surface area contributed by atoms with E-state index >= 15 is 0 Å². The quantitative estimate of drug-likeness (QED) is 0.860. The van der Waals surface area contributed by atoms with Crippen LogP contribution >= 0.6 is 0 Å². The number of aliphatic hydroxyl groups excluding tert-OH is 1. The minimum atomic E-state index is -3.59. The minimum Gasteiger partial charge on any atom is -0.395 e. The average molecular weight is 268 g/mol. The van der Waals surface area contributed by atoms with E-state index in [0.717, 1.165) is 5.52 Å². The number of aromatic nitrogens is 1. The van der Waals surface area contributed by atoms with Gasteiger partial charge in [0.15, 0.2) is 0 Å². The molecule has 0 fully saturated rings. The Balaban J connectivity index is 2.68. The van der Waals surface area contributed by atoms with Gasteiger partial charge < -0.3 is 9.67 Å². The Morgan fingerprint density at radius 2 is 2.00 bits per heavy atom. The van der Waals surface area contributed by atoms with Crippen LogP contribution in [-0.4, -0.2) is 31.2 Å². The first-order chi connectivity index (χ1) is 8.49. The first kappa shape index (κ1) is 13.1. The molecule has 0 aliphatic carbocycles. The number of nitrogens with zero attached hydrogens (tertiary/aromatic N) is 1. The van der Waals surface area contributed by atoms with Gasteiger partial charge in [-0.2, -0.15) is 0 Å².